The zero-order chi connectivity index (χ0) is 18.5. The topological polar surface area (TPSA) is 50.2 Å². The minimum Gasteiger partial charge on any atom is -0.375 e. The van der Waals surface area contributed by atoms with E-state index in [2.05, 4.69) is 22.2 Å². The van der Waals surface area contributed by atoms with Gasteiger partial charge in [-0.2, -0.15) is 5.10 Å². The van der Waals surface area contributed by atoms with Crippen LogP contribution in [0, 0.1) is 0 Å². The predicted molar refractivity (Wildman–Crippen MR) is 106 cm³/mol. The molecule has 1 aromatic heterocycles. The number of nitrogens with one attached hydrogen (secondary N) is 1. The van der Waals surface area contributed by atoms with Gasteiger partial charge >= 0.3 is 0 Å². The second-order valence-corrected chi connectivity index (χ2v) is 6.44. The second kappa shape index (κ2) is 8.06. The Labute approximate surface area is 158 Å². The number of carbonyl (C=O) groups excluding carboxylic acids is 1. The van der Waals surface area contributed by atoms with Gasteiger partial charge in [0, 0.05) is 36.2 Å². The number of hydrogen-bond acceptors (Lipinski definition) is 3. The molecule has 0 bridgehead atoms. The molecule has 0 unspecified atom stereocenters. The fraction of sp³-hybridized carbons (Fsp3) is 0.200. The molecular formula is C20H21ClN4O. The van der Waals surface area contributed by atoms with Gasteiger partial charge < -0.3 is 10.2 Å². The molecule has 6 heteroatoms. The maximum atomic E-state index is 12.5. The molecule has 5 nitrogen and oxygen atoms in total. The lowest BCUT2D eigenvalue weighted by atomic mass is 10.2. The van der Waals surface area contributed by atoms with Crippen molar-refractivity contribution in [3.63, 3.8) is 0 Å². The van der Waals surface area contributed by atoms with E-state index in [0.29, 0.717) is 17.1 Å². The van der Waals surface area contributed by atoms with Crippen molar-refractivity contribution >= 4 is 28.9 Å². The third-order valence-electron chi connectivity index (χ3n) is 4.20. The lowest BCUT2D eigenvalue weighted by Crippen LogP contribution is -2.16. The number of rotatable bonds is 6. The van der Waals surface area contributed by atoms with Gasteiger partial charge in [0.15, 0.2) is 0 Å². The first-order valence-electron chi connectivity index (χ1n) is 8.45. The highest BCUT2D eigenvalue weighted by molar-refractivity contribution is 6.31. The molecule has 26 heavy (non-hydrogen) atoms. The van der Waals surface area contributed by atoms with E-state index in [0.717, 1.165) is 23.5 Å². The molecule has 134 valence electrons. The maximum absolute atomic E-state index is 12.5. The summed E-state index contributed by atoms with van der Waals surface area (Å²) in [4.78, 5) is 14.6. The Morgan fingerprint density at radius 1 is 1.23 bits per heavy atom. The number of carbonyl (C=O) groups is 1. The van der Waals surface area contributed by atoms with E-state index in [9.17, 15) is 4.79 Å². The lowest BCUT2D eigenvalue weighted by molar-refractivity contribution is 0.102. The molecule has 3 aromatic rings. The largest absolute Gasteiger partial charge is 0.375 e. The molecule has 0 fully saturated rings. The van der Waals surface area contributed by atoms with Crippen LogP contribution in [0.5, 0.6) is 0 Å². The maximum Gasteiger partial charge on any atom is 0.258 e. The first kappa shape index (κ1) is 18.0. The van der Waals surface area contributed by atoms with Crippen molar-refractivity contribution in [3.05, 3.63) is 77.1 Å². The predicted octanol–water partition coefficient (Wildman–Crippen LogP) is 4.29. The zero-order valence-corrected chi connectivity index (χ0v) is 15.6. The zero-order valence-electron chi connectivity index (χ0n) is 14.8. The highest BCUT2D eigenvalue weighted by Crippen LogP contribution is 2.19. The van der Waals surface area contributed by atoms with Crippen LogP contribution in [0.15, 0.2) is 60.9 Å². The summed E-state index contributed by atoms with van der Waals surface area (Å²) < 4.78 is 1.71. The van der Waals surface area contributed by atoms with Crippen molar-refractivity contribution in [2.24, 2.45) is 0 Å². The number of hydrogen-bond donors (Lipinski definition) is 1. The van der Waals surface area contributed by atoms with Crippen LogP contribution >= 0.6 is 11.6 Å². The summed E-state index contributed by atoms with van der Waals surface area (Å²) in [7, 11) is 2.01. The normalized spacial score (nSPS) is 10.6. The molecule has 0 spiro atoms. The van der Waals surface area contributed by atoms with Gasteiger partial charge in [0.1, 0.15) is 0 Å². The number of benzene rings is 2. The Hall–Kier alpha value is -2.79. The summed E-state index contributed by atoms with van der Waals surface area (Å²) in [5, 5.41) is 7.87. The SMILES string of the molecule is CCN(C)c1cccc(NC(=O)c2cnn(Cc3ccccc3Cl)c2)c1. The van der Waals surface area contributed by atoms with E-state index in [1.807, 2.05) is 55.6 Å². The third-order valence-corrected chi connectivity index (χ3v) is 4.57. The quantitative estimate of drug-likeness (QED) is 0.706. The number of amides is 1. The van der Waals surface area contributed by atoms with Gasteiger partial charge in [-0.15, -0.1) is 0 Å². The smallest absolute Gasteiger partial charge is 0.258 e. The van der Waals surface area contributed by atoms with Gasteiger partial charge in [-0.3, -0.25) is 9.48 Å². The van der Waals surface area contributed by atoms with Crippen LogP contribution in [0.25, 0.3) is 0 Å². The Kier molecular flexibility index (Phi) is 5.58. The van der Waals surface area contributed by atoms with Gasteiger partial charge in [0.25, 0.3) is 5.91 Å². The fourth-order valence-corrected chi connectivity index (χ4v) is 2.77. The highest BCUT2D eigenvalue weighted by Gasteiger charge is 2.11. The lowest BCUT2D eigenvalue weighted by Gasteiger charge is -2.17. The summed E-state index contributed by atoms with van der Waals surface area (Å²) in [6.07, 6.45) is 3.29. The van der Waals surface area contributed by atoms with Gasteiger partial charge in [-0.05, 0) is 36.8 Å². The van der Waals surface area contributed by atoms with Crippen molar-refractivity contribution in [1.29, 1.82) is 0 Å². The number of nitrogens with zero attached hydrogens (tertiary/aromatic N) is 3. The molecule has 0 aliphatic rings. The summed E-state index contributed by atoms with van der Waals surface area (Å²) in [6.45, 7) is 3.49. The molecule has 0 saturated carbocycles. The van der Waals surface area contributed by atoms with Crippen LogP contribution in [-0.4, -0.2) is 29.3 Å². The average molecular weight is 369 g/mol. The van der Waals surface area contributed by atoms with Crippen LogP contribution in [0.1, 0.15) is 22.8 Å². The molecule has 0 saturated heterocycles. The molecule has 0 radical (unpaired) electrons. The van der Waals surface area contributed by atoms with E-state index in [4.69, 9.17) is 11.6 Å². The molecule has 0 atom stereocenters. The summed E-state index contributed by atoms with van der Waals surface area (Å²) in [6, 6.07) is 15.4. The Bertz CT molecular complexity index is 906. The van der Waals surface area contributed by atoms with E-state index in [-0.39, 0.29) is 5.91 Å². The molecule has 0 aliphatic carbocycles. The van der Waals surface area contributed by atoms with Gasteiger partial charge in [0.2, 0.25) is 0 Å². The van der Waals surface area contributed by atoms with Crippen molar-refractivity contribution < 1.29 is 4.79 Å². The minimum absolute atomic E-state index is 0.188. The molecule has 0 aliphatic heterocycles. The van der Waals surface area contributed by atoms with E-state index in [1.165, 1.54) is 0 Å². The average Bonchev–Trinajstić information content (AvgIpc) is 3.12. The van der Waals surface area contributed by atoms with Crippen LogP contribution in [0.4, 0.5) is 11.4 Å². The monoisotopic (exact) mass is 368 g/mol. The van der Waals surface area contributed by atoms with Crippen LogP contribution in [-0.2, 0) is 6.54 Å². The summed E-state index contributed by atoms with van der Waals surface area (Å²) >= 11 is 6.18. The Balaban J connectivity index is 1.70. The highest BCUT2D eigenvalue weighted by atomic mass is 35.5. The minimum atomic E-state index is -0.188. The molecule has 1 heterocycles. The van der Waals surface area contributed by atoms with Gasteiger partial charge in [0.05, 0.1) is 18.3 Å². The van der Waals surface area contributed by atoms with E-state index < -0.39 is 0 Å². The molecule has 2 aromatic carbocycles. The van der Waals surface area contributed by atoms with Gasteiger partial charge in [-0.1, -0.05) is 35.9 Å². The third kappa shape index (κ3) is 4.24. The van der Waals surface area contributed by atoms with Crippen molar-refractivity contribution in [2.75, 3.05) is 23.8 Å². The van der Waals surface area contributed by atoms with Crippen LogP contribution in [0.3, 0.4) is 0 Å². The first-order chi connectivity index (χ1) is 12.6. The second-order valence-electron chi connectivity index (χ2n) is 6.04. The van der Waals surface area contributed by atoms with Crippen molar-refractivity contribution in [2.45, 2.75) is 13.5 Å². The van der Waals surface area contributed by atoms with E-state index in [1.54, 1.807) is 17.1 Å². The van der Waals surface area contributed by atoms with Gasteiger partial charge in [-0.25, -0.2) is 0 Å². The molecular weight excluding hydrogens is 348 g/mol. The standard InChI is InChI=1S/C20H21ClN4O/c1-3-24(2)18-9-6-8-17(11-18)23-20(26)16-12-22-25(14-16)13-15-7-4-5-10-19(15)21/h4-12,14H,3,13H2,1-2H3,(H,23,26). The van der Waals surface area contributed by atoms with Crippen molar-refractivity contribution in [1.82, 2.24) is 9.78 Å². The van der Waals surface area contributed by atoms with Crippen molar-refractivity contribution in [3.8, 4) is 0 Å². The molecule has 3 rings (SSSR count). The number of halogens is 1. The Morgan fingerprint density at radius 2 is 2.04 bits per heavy atom. The Morgan fingerprint density at radius 3 is 2.81 bits per heavy atom. The van der Waals surface area contributed by atoms with Crippen LogP contribution < -0.4 is 10.2 Å². The molecule has 1 N–H and O–H groups in total. The van der Waals surface area contributed by atoms with Crippen LogP contribution in [0.2, 0.25) is 5.02 Å². The van der Waals surface area contributed by atoms with E-state index >= 15 is 0 Å². The number of aromatic nitrogens is 2. The summed E-state index contributed by atoms with van der Waals surface area (Å²) in [5.41, 5.74) is 3.28. The number of anilines is 2. The fourth-order valence-electron chi connectivity index (χ4n) is 2.58. The molecule has 1 amide bonds. The first-order valence-corrected chi connectivity index (χ1v) is 8.83. The summed E-state index contributed by atoms with van der Waals surface area (Å²) in [5.74, 6) is -0.188.